The van der Waals surface area contributed by atoms with Crippen LogP contribution in [0.1, 0.15) is 17.5 Å². The maximum atomic E-state index is 13.0. The van der Waals surface area contributed by atoms with Crippen molar-refractivity contribution >= 4 is 39.4 Å². The van der Waals surface area contributed by atoms with Gasteiger partial charge in [0, 0.05) is 10.6 Å². The number of methoxy groups -OCH3 is 1. The summed E-state index contributed by atoms with van der Waals surface area (Å²) in [5, 5.41) is 17.8. The van der Waals surface area contributed by atoms with Gasteiger partial charge in [-0.2, -0.15) is 0 Å². The molecule has 0 radical (unpaired) electrons. The van der Waals surface area contributed by atoms with Crippen molar-refractivity contribution in [3.05, 3.63) is 47.5 Å². The number of carboxylic acids is 2. The van der Waals surface area contributed by atoms with E-state index in [9.17, 15) is 18.0 Å². The Hall–Kier alpha value is -2.72. The molecule has 0 bridgehead atoms. The minimum Gasteiger partial charge on any atom is -0.495 e. The quantitative estimate of drug-likeness (QED) is 0.482. The number of rotatable bonds is 10. The van der Waals surface area contributed by atoms with Crippen molar-refractivity contribution in [2.75, 3.05) is 17.6 Å². The lowest BCUT2D eigenvalue weighted by atomic mass is 10.1. The summed E-state index contributed by atoms with van der Waals surface area (Å²) in [6.45, 7) is 1.85. The predicted molar refractivity (Wildman–Crippen MR) is 109 cm³/mol. The Morgan fingerprint density at radius 3 is 2.45 bits per heavy atom. The Bertz CT molecular complexity index is 1020. The molecule has 0 aliphatic rings. The average Bonchev–Trinajstić information content (AvgIpc) is 2.63. The van der Waals surface area contributed by atoms with E-state index in [0.29, 0.717) is 16.1 Å². The first kappa shape index (κ1) is 22.6. The van der Waals surface area contributed by atoms with Crippen LogP contribution >= 0.6 is 11.8 Å². The fourth-order valence-corrected chi connectivity index (χ4v) is 4.90. The van der Waals surface area contributed by atoms with E-state index in [0.717, 1.165) is 5.56 Å². The van der Waals surface area contributed by atoms with Crippen LogP contribution < -0.4 is 9.46 Å². The lowest BCUT2D eigenvalue weighted by molar-refractivity contribution is -0.137. The first-order chi connectivity index (χ1) is 13.6. The Morgan fingerprint density at radius 2 is 1.83 bits per heavy atom. The highest BCUT2D eigenvalue weighted by Gasteiger charge is 2.22. The number of hydrogen-bond donors (Lipinski definition) is 3. The lowest BCUT2D eigenvalue weighted by Gasteiger charge is -2.15. The van der Waals surface area contributed by atoms with Crippen molar-refractivity contribution in [3.8, 4) is 5.75 Å². The average molecular weight is 440 g/mol. The van der Waals surface area contributed by atoms with Crippen molar-refractivity contribution in [1.82, 2.24) is 0 Å². The molecule has 2 aromatic carbocycles. The molecule has 0 saturated carbocycles. The molecule has 0 unspecified atom stereocenters. The monoisotopic (exact) mass is 439 g/mol. The summed E-state index contributed by atoms with van der Waals surface area (Å²) in [7, 11) is -2.76. The summed E-state index contributed by atoms with van der Waals surface area (Å²) in [6, 6.07) is 9.26. The number of nitrogens with one attached hydrogen (secondary N) is 1. The van der Waals surface area contributed by atoms with Gasteiger partial charge in [-0.15, -0.1) is 11.8 Å². The van der Waals surface area contributed by atoms with E-state index in [1.54, 1.807) is 18.2 Å². The van der Waals surface area contributed by atoms with Crippen LogP contribution in [0.2, 0.25) is 0 Å². The van der Waals surface area contributed by atoms with E-state index in [1.807, 2.05) is 6.92 Å². The summed E-state index contributed by atoms with van der Waals surface area (Å²) in [5.74, 6) is -1.65. The van der Waals surface area contributed by atoms with Gasteiger partial charge in [0.05, 0.1) is 25.6 Å². The van der Waals surface area contributed by atoms with Crippen molar-refractivity contribution in [2.24, 2.45) is 0 Å². The zero-order valence-electron chi connectivity index (χ0n) is 15.8. The number of sulfonamides is 1. The van der Waals surface area contributed by atoms with Crippen molar-refractivity contribution in [3.63, 3.8) is 0 Å². The molecule has 0 atom stereocenters. The normalized spacial score (nSPS) is 11.1. The summed E-state index contributed by atoms with van der Waals surface area (Å²) in [4.78, 5) is 22.1. The molecule has 3 N–H and O–H groups in total. The molecule has 2 rings (SSSR count). The molecule has 0 aliphatic heterocycles. The number of aryl methyl sites for hydroxylation is 1. The van der Waals surface area contributed by atoms with Gasteiger partial charge >= 0.3 is 11.9 Å². The van der Waals surface area contributed by atoms with E-state index in [-0.39, 0.29) is 29.2 Å². The molecule has 29 heavy (non-hydrogen) atoms. The molecule has 0 amide bonds. The van der Waals surface area contributed by atoms with Gasteiger partial charge in [-0.3, -0.25) is 14.3 Å². The van der Waals surface area contributed by atoms with Crippen molar-refractivity contribution in [2.45, 2.75) is 29.6 Å². The Balaban J connectivity index is 2.38. The topological polar surface area (TPSA) is 130 Å². The third-order valence-corrected chi connectivity index (χ3v) is 6.27. The van der Waals surface area contributed by atoms with Crippen LogP contribution in [0.25, 0.3) is 0 Å². The molecular formula is C19H21NO7S2. The van der Waals surface area contributed by atoms with Crippen molar-refractivity contribution in [1.29, 1.82) is 0 Å². The van der Waals surface area contributed by atoms with Gasteiger partial charge in [0.15, 0.2) is 0 Å². The molecule has 2 aromatic rings. The minimum absolute atomic E-state index is 0.0597. The molecule has 0 spiro atoms. The largest absolute Gasteiger partial charge is 0.495 e. The van der Waals surface area contributed by atoms with Crippen LogP contribution in [0.3, 0.4) is 0 Å². The summed E-state index contributed by atoms with van der Waals surface area (Å²) >= 11 is 1.23. The second kappa shape index (κ2) is 9.66. The highest BCUT2D eigenvalue weighted by Crippen LogP contribution is 2.33. The number of anilines is 1. The molecule has 0 aromatic heterocycles. The molecule has 0 aliphatic carbocycles. The number of carboxylic acid groups (broad SMARTS) is 2. The maximum Gasteiger partial charge on any atom is 0.307 e. The molecule has 8 nitrogen and oxygen atoms in total. The molecule has 156 valence electrons. The van der Waals surface area contributed by atoms with Gasteiger partial charge < -0.3 is 14.9 Å². The van der Waals surface area contributed by atoms with E-state index in [2.05, 4.69) is 4.72 Å². The predicted octanol–water partition coefficient (Wildman–Crippen LogP) is 3.00. The lowest BCUT2D eigenvalue weighted by Crippen LogP contribution is -2.15. The van der Waals surface area contributed by atoms with Crippen LogP contribution in [-0.2, 0) is 26.0 Å². The van der Waals surface area contributed by atoms with Gasteiger partial charge in [0.1, 0.15) is 10.6 Å². The highest BCUT2D eigenvalue weighted by molar-refractivity contribution is 7.99. The SMILES string of the molecule is COc1ccc(CC(=O)O)cc1S(=O)(=O)Nc1ccc(C)cc1SCCC(=O)O. The van der Waals surface area contributed by atoms with E-state index >= 15 is 0 Å². The van der Waals surface area contributed by atoms with E-state index in [1.165, 1.54) is 37.1 Å². The Morgan fingerprint density at radius 1 is 1.10 bits per heavy atom. The van der Waals surface area contributed by atoms with Crippen LogP contribution in [0.15, 0.2) is 46.2 Å². The maximum absolute atomic E-state index is 13.0. The third kappa shape index (κ3) is 6.40. The van der Waals surface area contributed by atoms with Gasteiger partial charge in [-0.1, -0.05) is 12.1 Å². The second-order valence-corrected chi connectivity index (χ2v) is 8.94. The first-order valence-electron chi connectivity index (χ1n) is 8.49. The Labute approximate surface area is 173 Å². The number of benzene rings is 2. The van der Waals surface area contributed by atoms with Crippen LogP contribution in [0.4, 0.5) is 5.69 Å². The van der Waals surface area contributed by atoms with Gasteiger partial charge in [0.2, 0.25) is 0 Å². The fourth-order valence-electron chi connectivity index (χ4n) is 2.50. The molecule has 10 heteroatoms. The number of ether oxygens (including phenoxy) is 1. The summed E-state index contributed by atoms with van der Waals surface area (Å²) < 4.78 is 33.6. The summed E-state index contributed by atoms with van der Waals surface area (Å²) in [5.41, 5.74) is 1.52. The second-order valence-electron chi connectivity index (χ2n) is 6.15. The zero-order valence-corrected chi connectivity index (χ0v) is 17.5. The number of hydrogen-bond acceptors (Lipinski definition) is 6. The van der Waals surface area contributed by atoms with Gasteiger partial charge in [0.25, 0.3) is 10.0 Å². The number of aliphatic carboxylic acids is 2. The van der Waals surface area contributed by atoms with Gasteiger partial charge in [-0.05, 0) is 42.3 Å². The van der Waals surface area contributed by atoms with Crippen LogP contribution in [-0.4, -0.2) is 43.4 Å². The number of carbonyl (C=O) groups is 2. The molecular weight excluding hydrogens is 418 g/mol. The van der Waals surface area contributed by atoms with Crippen LogP contribution in [0.5, 0.6) is 5.75 Å². The zero-order chi connectivity index (χ0) is 21.6. The van der Waals surface area contributed by atoms with Crippen molar-refractivity contribution < 1.29 is 33.0 Å². The van der Waals surface area contributed by atoms with E-state index < -0.39 is 22.0 Å². The highest BCUT2D eigenvalue weighted by atomic mass is 32.2. The number of thioether (sulfide) groups is 1. The Kier molecular flexibility index (Phi) is 7.52. The molecule has 0 saturated heterocycles. The minimum atomic E-state index is -4.09. The third-order valence-electron chi connectivity index (χ3n) is 3.83. The van der Waals surface area contributed by atoms with Crippen LogP contribution in [0, 0.1) is 6.92 Å². The van der Waals surface area contributed by atoms with E-state index in [4.69, 9.17) is 14.9 Å². The molecule has 0 heterocycles. The summed E-state index contributed by atoms with van der Waals surface area (Å²) in [6.07, 6.45) is -0.386. The molecule has 0 fully saturated rings. The first-order valence-corrected chi connectivity index (χ1v) is 11.0. The smallest absolute Gasteiger partial charge is 0.307 e. The fraction of sp³-hybridized carbons (Fsp3) is 0.263. The van der Waals surface area contributed by atoms with Gasteiger partial charge in [-0.25, -0.2) is 8.42 Å². The standard InChI is InChI=1S/C19H21NO7S2/c1-12-3-5-14(16(9-12)28-8-7-18(21)22)20-29(25,26)17-10-13(11-19(23)24)4-6-15(17)27-2/h3-6,9-10,20H,7-8,11H2,1-2H3,(H,21,22)(H,23,24).